The molecule has 1 N–H and O–H groups in total. The molecule has 1 atom stereocenters. The fourth-order valence-electron chi connectivity index (χ4n) is 3.29. The summed E-state index contributed by atoms with van der Waals surface area (Å²) in [5, 5.41) is 8.85. The molecule has 10 heteroatoms. The number of nitrogens with one attached hydrogen (secondary N) is 1. The predicted octanol–water partition coefficient (Wildman–Crippen LogP) is 4.20. The van der Waals surface area contributed by atoms with Gasteiger partial charge in [-0.25, -0.2) is 15.0 Å². The Hall–Kier alpha value is -3.30. The van der Waals surface area contributed by atoms with E-state index in [4.69, 9.17) is 16.1 Å². The fraction of sp³-hybridized carbons (Fsp3) is 0.105. The van der Waals surface area contributed by atoms with Crippen LogP contribution in [0.1, 0.15) is 18.7 Å². The largest absolute Gasteiger partial charge is 0.363 e. The highest BCUT2D eigenvalue weighted by atomic mass is 35.5. The second-order valence-corrected chi connectivity index (χ2v) is 7.61. The van der Waals surface area contributed by atoms with Gasteiger partial charge in [-0.3, -0.25) is 9.36 Å². The maximum atomic E-state index is 13.3. The van der Waals surface area contributed by atoms with Crippen molar-refractivity contribution in [2.75, 3.05) is 5.32 Å². The van der Waals surface area contributed by atoms with E-state index in [-0.39, 0.29) is 11.6 Å². The molecule has 5 aromatic rings. The molecule has 5 rings (SSSR count). The van der Waals surface area contributed by atoms with Gasteiger partial charge in [-0.2, -0.15) is 0 Å². The van der Waals surface area contributed by atoms with E-state index >= 15 is 0 Å². The number of pyridine rings is 1. The standard InChI is InChI=1S/C19H13ClN6O2S/c1-10(24-17-16-18(22-8-21-17)29-9-23-16)13-7-11-3-2-4-12(20)15(11)19(27)26(13)14-5-6-28-25-14/h2-10H,1H3,(H,21,22,24). The maximum Gasteiger partial charge on any atom is 0.266 e. The van der Waals surface area contributed by atoms with Crippen molar-refractivity contribution in [3.8, 4) is 5.82 Å². The van der Waals surface area contributed by atoms with Gasteiger partial charge in [0.15, 0.2) is 11.6 Å². The Labute approximate surface area is 172 Å². The Morgan fingerprint density at radius 3 is 2.97 bits per heavy atom. The first-order chi connectivity index (χ1) is 14.1. The van der Waals surface area contributed by atoms with Crippen molar-refractivity contribution in [1.29, 1.82) is 0 Å². The highest BCUT2D eigenvalue weighted by Gasteiger charge is 2.20. The van der Waals surface area contributed by atoms with E-state index < -0.39 is 0 Å². The summed E-state index contributed by atoms with van der Waals surface area (Å²) < 4.78 is 6.47. The van der Waals surface area contributed by atoms with E-state index in [2.05, 4.69) is 25.4 Å². The molecule has 0 amide bonds. The van der Waals surface area contributed by atoms with Crippen LogP contribution in [-0.4, -0.2) is 24.7 Å². The summed E-state index contributed by atoms with van der Waals surface area (Å²) in [5.41, 5.74) is 2.81. The van der Waals surface area contributed by atoms with Gasteiger partial charge < -0.3 is 9.84 Å². The van der Waals surface area contributed by atoms with Gasteiger partial charge in [-0.05, 0) is 24.4 Å². The zero-order chi connectivity index (χ0) is 20.0. The van der Waals surface area contributed by atoms with Crippen LogP contribution >= 0.6 is 22.9 Å². The lowest BCUT2D eigenvalue weighted by Crippen LogP contribution is -2.26. The van der Waals surface area contributed by atoms with Gasteiger partial charge in [0.25, 0.3) is 5.56 Å². The van der Waals surface area contributed by atoms with Crippen LogP contribution in [0, 0.1) is 0 Å². The summed E-state index contributed by atoms with van der Waals surface area (Å²) in [6.07, 6.45) is 2.91. The number of thiazole rings is 1. The summed E-state index contributed by atoms with van der Waals surface area (Å²) in [7, 11) is 0. The molecule has 0 bridgehead atoms. The van der Waals surface area contributed by atoms with Crippen LogP contribution in [0.3, 0.4) is 0 Å². The Kier molecular flexibility index (Phi) is 4.26. The first-order valence-electron chi connectivity index (χ1n) is 8.69. The van der Waals surface area contributed by atoms with Crippen LogP contribution in [-0.2, 0) is 0 Å². The lowest BCUT2D eigenvalue weighted by molar-refractivity contribution is 0.415. The minimum absolute atomic E-state index is 0.271. The molecular formula is C19H13ClN6O2S. The minimum Gasteiger partial charge on any atom is -0.363 e. The first-order valence-corrected chi connectivity index (χ1v) is 9.95. The first kappa shape index (κ1) is 17.8. The molecule has 0 saturated carbocycles. The van der Waals surface area contributed by atoms with Crippen molar-refractivity contribution in [1.82, 2.24) is 24.7 Å². The molecule has 0 aliphatic rings. The van der Waals surface area contributed by atoms with Crippen LogP contribution in [0.15, 0.2) is 57.8 Å². The van der Waals surface area contributed by atoms with Crippen molar-refractivity contribution in [3.63, 3.8) is 0 Å². The molecule has 4 aromatic heterocycles. The summed E-state index contributed by atoms with van der Waals surface area (Å²) in [6.45, 7) is 1.93. The van der Waals surface area contributed by atoms with E-state index in [0.717, 1.165) is 10.2 Å². The quantitative estimate of drug-likeness (QED) is 0.461. The molecule has 8 nitrogen and oxygen atoms in total. The normalized spacial score (nSPS) is 12.5. The highest BCUT2D eigenvalue weighted by molar-refractivity contribution is 7.16. The molecule has 144 valence electrons. The third-order valence-corrected chi connectivity index (χ3v) is 5.66. The average Bonchev–Trinajstić information content (AvgIpc) is 3.40. The van der Waals surface area contributed by atoms with E-state index in [1.807, 2.05) is 25.1 Å². The molecule has 0 radical (unpaired) electrons. The molecule has 0 fully saturated rings. The molecule has 1 aromatic carbocycles. The van der Waals surface area contributed by atoms with Crippen molar-refractivity contribution in [2.24, 2.45) is 0 Å². The van der Waals surface area contributed by atoms with Crippen molar-refractivity contribution in [2.45, 2.75) is 13.0 Å². The van der Waals surface area contributed by atoms with E-state index in [9.17, 15) is 4.79 Å². The van der Waals surface area contributed by atoms with Crippen molar-refractivity contribution in [3.05, 3.63) is 69.5 Å². The van der Waals surface area contributed by atoms with Gasteiger partial charge in [0.2, 0.25) is 0 Å². The smallest absolute Gasteiger partial charge is 0.266 e. The van der Waals surface area contributed by atoms with Crippen molar-refractivity contribution >= 4 is 49.9 Å². The third kappa shape index (κ3) is 2.95. The minimum atomic E-state index is -0.303. The van der Waals surface area contributed by atoms with Crippen LogP contribution in [0.2, 0.25) is 5.02 Å². The summed E-state index contributed by atoms with van der Waals surface area (Å²) >= 11 is 7.75. The SMILES string of the molecule is CC(Nc1ncnc2scnc12)c1cc2cccc(Cl)c2c(=O)n1-c1ccon1. The zero-order valence-electron chi connectivity index (χ0n) is 15.0. The monoisotopic (exact) mass is 424 g/mol. The van der Waals surface area contributed by atoms with Gasteiger partial charge in [0, 0.05) is 6.07 Å². The number of benzene rings is 1. The molecule has 1 unspecified atom stereocenters. The van der Waals surface area contributed by atoms with Gasteiger partial charge in [-0.15, -0.1) is 11.3 Å². The fourth-order valence-corrected chi connectivity index (χ4v) is 4.18. The molecule has 0 aliphatic heterocycles. The predicted molar refractivity (Wildman–Crippen MR) is 112 cm³/mol. The molecule has 0 spiro atoms. The van der Waals surface area contributed by atoms with Crippen LogP contribution < -0.4 is 10.9 Å². The lowest BCUT2D eigenvalue weighted by atomic mass is 10.1. The second-order valence-electron chi connectivity index (χ2n) is 6.37. The molecule has 29 heavy (non-hydrogen) atoms. The summed E-state index contributed by atoms with van der Waals surface area (Å²) in [6, 6.07) is 8.60. The van der Waals surface area contributed by atoms with Gasteiger partial charge >= 0.3 is 0 Å². The molecule has 4 heterocycles. The topological polar surface area (TPSA) is 98.7 Å². The molecular weight excluding hydrogens is 412 g/mol. The molecule has 0 aliphatic carbocycles. The average molecular weight is 425 g/mol. The third-order valence-electron chi connectivity index (χ3n) is 4.61. The Morgan fingerprint density at radius 2 is 2.14 bits per heavy atom. The maximum absolute atomic E-state index is 13.3. The van der Waals surface area contributed by atoms with Gasteiger partial charge in [0.1, 0.15) is 22.9 Å². The number of anilines is 1. The van der Waals surface area contributed by atoms with Gasteiger partial charge in [-0.1, -0.05) is 28.9 Å². The Balaban J connectivity index is 1.70. The van der Waals surface area contributed by atoms with Gasteiger partial charge in [0.05, 0.1) is 27.7 Å². The number of rotatable bonds is 4. The van der Waals surface area contributed by atoms with Crippen molar-refractivity contribution < 1.29 is 4.52 Å². The number of nitrogens with zero attached hydrogens (tertiary/aromatic N) is 5. The number of halogens is 1. The Morgan fingerprint density at radius 1 is 1.24 bits per heavy atom. The van der Waals surface area contributed by atoms with E-state index in [1.54, 1.807) is 17.6 Å². The van der Waals surface area contributed by atoms with E-state index in [0.29, 0.717) is 33.3 Å². The number of hydrogen-bond donors (Lipinski definition) is 1. The highest BCUT2D eigenvalue weighted by Crippen LogP contribution is 2.28. The van der Waals surface area contributed by atoms with Crippen LogP contribution in [0.4, 0.5) is 5.82 Å². The van der Waals surface area contributed by atoms with Crippen LogP contribution in [0.5, 0.6) is 0 Å². The number of hydrogen-bond acceptors (Lipinski definition) is 8. The zero-order valence-corrected chi connectivity index (χ0v) is 16.6. The molecule has 0 saturated heterocycles. The Bertz CT molecular complexity index is 1400. The number of aromatic nitrogens is 5. The lowest BCUT2D eigenvalue weighted by Gasteiger charge is -2.20. The number of fused-ring (bicyclic) bond motifs is 2. The van der Waals surface area contributed by atoms with E-state index in [1.165, 1.54) is 28.5 Å². The second kappa shape index (κ2) is 6.94. The van der Waals surface area contributed by atoms with Crippen LogP contribution in [0.25, 0.3) is 26.9 Å². The summed E-state index contributed by atoms with van der Waals surface area (Å²) in [4.78, 5) is 27.0. The summed E-state index contributed by atoms with van der Waals surface area (Å²) in [5.74, 6) is 0.969.